The zero-order valence-corrected chi connectivity index (χ0v) is 7.89. The van der Waals surface area contributed by atoms with Crippen LogP contribution in [0, 0.1) is 0 Å². The van der Waals surface area contributed by atoms with E-state index in [9.17, 15) is 4.79 Å². The molecular weight excluding hydrogens is 156 g/mol. The lowest BCUT2D eigenvalue weighted by Gasteiger charge is -2.27. The average molecular weight is 172 g/mol. The lowest BCUT2D eigenvalue weighted by atomic mass is 9.99. The predicted octanol–water partition coefficient (Wildman–Crippen LogP) is 0.148. The van der Waals surface area contributed by atoms with Crippen LogP contribution in [0.5, 0.6) is 0 Å². The van der Waals surface area contributed by atoms with Crippen LogP contribution in [0.3, 0.4) is 0 Å². The van der Waals surface area contributed by atoms with E-state index in [2.05, 4.69) is 5.32 Å². The summed E-state index contributed by atoms with van der Waals surface area (Å²) >= 11 is 0. The van der Waals surface area contributed by atoms with Crippen LogP contribution in [0.1, 0.15) is 19.8 Å². The van der Waals surface area contributed by atoms with E-state index >= 15 is 0 Å². The summed E-state index contributed by atoms with van der Waals surface area (Å²) in [6, 6.07) is 0. The van der Waals surface area contributed by atoms with Gasteiger partial charge < -0.3 is 5.32 Å². The molecule has 0 aliphatic carbocycles. The number of nitrogens with zero attached hydrogens (tertiary/aromatic N) is 1. The zero-order chi connectivity index (χ0) is 9.19. The molecule has 0 aromatic carbocycles. The molecule has 70 valence electrons. The Kier molecular flexibility index (Phi) is 2.69. The summed E-state index contributed by atoms with van der Waals surface area (Å²) in [6.07, 6.45) is 1.94. The summed E-state index contributed by atoms with van der Waals surface area (Å²) in [6.45, 7) is 2.83. The molecule has 1 fully saturated rings. The zero-order valence-electron chi connectivity index (χ0n) is 7.89. The van der Waals surface area contributed by atoms with Gasteiger partial charge in [0.05, 0.1) is 12.6 Å². The van der Waals surface area contributed by atoms with Crippen molar-refractivity contribution in [2.45, 2.75) is 25.3 Å². The third kappa shape index (κ3) is 1.59. The fraction of sp³-hybridized carbons (Fsp3) is 0.875. The molecule has 1 atom stereocenters. The Morgan fingerprint density at radius 2 is 2.33 bits per heavy atom. The normalized spacial score (nSPS) is 28.9. The summed E-state index contributed by atoms with van der Waals surface area (Å²) in [4.78, 5) is 16.5. The third-order valence-corrected chi connectivity index (χ3v) is 2.40. The molecule has 0 aromatic heterocycles. The molecule has 1 rings (SSSR count). The first-order chi connectivity index (χ1) is 5.60. The minimum atomic E-state index is -0.412. The quantitative estimate of drug-likeness (QED) is 0.603. The Bertz CT molecular complexity index is 176. The Morgan fingerprint density at radius 3 is 2.75 bits per heavy atom. The molecule has 0 radical (unpaired) electrons. The van der Waals surface area contributed by atoms with Crippen molar-refractivity contribution in [1.82, 2.24) is 10.4 Å². The van der Waals surface area contributed by atoms with Gasteiger partial charge in [0.15, 0.2) is 0 Å². The summed E-state index contributed by atoms with van der Waals surface area (Å²) < 4.78 is 0. The van der Waals surface area contributed by atoms with Crippen LogP contribution in [0.4, 0.5) is 0 Å². The number of rotatable bonds is 2. The Hall–Kier alpha value is -0.610. The van der Waals surface area contributed by atoms with Gasteiger partial charge in [-0.3, -0.25) is 9.63 Å². The summed E-state index contributed by atoms with van der Waals surface area (Å²) in [5.74, 6) is 0.00231. The van der Waals surface area contributed by atoms with Crippen LogP contribution in [0.25, 0.3) is 0 Å². The highest BCUT2D eigenvalue weighted by atomic mass is 16.7. The molecule has 0 spiro atoms. The standard InChI is InChI=1S/C8H16N2O2/c1-8(5-4-6-9-8)7(11)10(2)12-3/h9H,4-6H2,1-3H3. The number of hydrogen-bond acceptors (Lipinski definition) is 3. The van der Waals surface area contributed by atoms with Gasteiger partial charge >= 0.3 is 0 Å². The lowest BCUT2D eigenvalue weighted by molar-refractivity contribution is -0.175. The van der Waals surface area contributed by atoms with Crippen molar-refractivity contribution in [3.05, 3.63) is 0 Å². The second-order valence-electron chi connectivity index (χ2n) is 3.35. The van der Waals surface area contributed by atoms with Gasteiger partial charge in [-0.25, -0.2) is 5.06 Å². The number of hydroxylamine groups is 2. The van der Waals surface area contributed by atoms with Crippen molar-refractivity contribution in [2.24, 2.45) is 0 Å². The summed E-state index contributed by atoms with van der Waals surface area (Å²) in [5.41, 5.74) is -0.412. The molecule has 1 aliphatic rings. The second kappa shape index (κ2) is 3.41. The second-order valence-corrected chi connectivity index (χ2v) is 3.35. The fourth-order valence-corrected chi connectivity index (χ4v) is 1.51. The maximum absolute atomic E-state index is 11.6. The van der Waals surface area contributed by atoms with E-state index in [4.69, 9.17) is 4.84 Å². The Balaban J connectivity index is 2.61. The first-order valence-corrected chi connectivity index (χ1v) is 4.17. The maximum Gasteiger partial charge on any atom is 0.265 e. The van der Waals surface area contributed by atoms with E-state index in [1.165, 1.54) is 12.2 Å². The molecular formula is C8H16N2O2. The molecule has 1 heterocycles. The van der Waals surface area contributed by atoms with Crippen molar-refractivity contribution in [3.63, 3.8) is 0 Å². The van der Waals surface area contributed by atoms with Gasteiger partial charge in [0.1, 0.15) is 0 Å². The predicted molar refractivity (Wildman–Crippen MR) is 45.4 cm³/mol. The van der Waals surface area contributed by atoms with Crippen LogP contribution in [0.15, 0.2) is 0 Å². The van der Waals surface area contributed by atoms with Gasteiger partial charge in [0, 0.05) is 7.05 Å². The van der Waals surface area contributed by atoms with Gasteiger partial charge in [-0.05, 0) is 26.3 Å². The number of carbonyl (C=O) groups is 1. The SMILES string of the molecule is CON(C)C(=O)C1(C)CCCN1. The van der Waals surface area contributed by atoms with Gasteiger partial charge in [-0.15, -0.1) is 0 Å². The number of amides is 1. The first kappa shape index (κ1) is 9.48. The van der Waals surface area contributed by atoms with E-state index in [1.54, 1.807) is 7.05 Å². The van der Waals surface area contributed by atoms with Crippen molar-refractivity contribution < 1.29 is 9.63 Å². The highest BCUT2D eigenvalue weighted by Crippen LogP contribution is 2.20. The highest BCUT2D eigenvalue weighted by Gasteiger charge is 2.38. The van der Waals surface area contributed by atoms with Crippen molar-refractivity contribution in [2.75, 3.05) is 20.7 Å². The van der Waals surface area contributed by atoms with E-state index in [0.717, 1.165) is 19.4 Å². The van der Waals surface area contributed by atoms with Crippen molar-refractivity contribution >= 4 is 5.91 Å². The summed E-state index contributed by atoms with van der Waals surface area (Å²) in [7, 11) is 3.13. The molecule has 0 saturated carbocycles. The van der Waals surface area contributed by atoms with Gasteiger partial charge in [-0.2, -0.15) is 0 Å². The Morgan fingerprint density at radius 1 is 1.67 bits per heavy atom. The van der Waals surface area contributed by atoms with Crippen LogP contribution in [-0.4, -0.2) is 37.2 Å². The number of nitrogens with one attached hydrogen (secondary N) is 1. The molecule has 0 aromatic rings. The van der Waals surface area contributed by atoms with Crippen molar-refractivity contribution in [1.29, 1.82) is 0 Å². The topological polar surface area (TPSA) is 41.6 Å². The van der Waals surface area contributed by atoms with E-state index in [1.807, 2.05) is 6.92 Å². The molecule has 1 saturated heterocycles. The van der Waals surface area contributed by atoms with Gasteiger partial charge in [-0.1, -0.05) is 0 Å². The van der Waals surface area contributed by atoms with E-state index < -0.39 is 5.54 Å². The maximum atomic E-state index is 11.6. The molecule has 1 aliphatic heterocycles. The molecule has 12 heavy (non-hydrogen) atoms. The van der Waals surface area contributed by atoms with Crippen LogP contribution < -0.4 is 5.32 Å². The van der Waals surface area contributed by atoms with Gasteiger partial charge in [0.25, 0.3) is 5.91 Å². The average Bonchev–Trinajstić information content (AvgIpc) is 2.50. The Labute approximate surface area is 72.8 Å². The lowest BCUT2D eigenvalue weighted by Crippen LogP contribution is -2.51. The van der Waals surface area contributed by atoms with E-state index in [-0.39, 0.29) is 5.91 Å². The molecule has 0 bridgehead atoms. The minimum absolute atomic E-state index is 0.00231. The molecule has 4 heteroatoms. The summed E-state index contributed by atoms with van der Waals surface area (Å²) in [5, 5.41) is 4.45. The van der Waals surface area contributed by atoms with Crippen LogP contribution >= 0.6 is 0 Å². The molecule has 4 nitrogen and oxygen atoms in total. The van der Waals surface area contributed by atoms with Crippen molar-refractivity contribution in [3.8, 4) is 0 Å². The highest BCUT2D eigenvalue weighted by molar-refractivity contribution is 5.85. The number of hydrogen-bond donors (Lipinski definition) is 1. The van der Waals surface area contributed by atoms with E-state index in [0.29, 0.717) is 0 Å². The first-order valence-electron chi connectivity index (χ1n) is 4.17. The monoisotopic (exact) mass is 172 g/mol. The number of likely N-dealkylation sites (N-methyl/N-ethyl adjacent to an activating group) is 1. The smallest absolute Gasteiger partial charge is 0.265 e. The van der Waals surface area contributed by atoms with Crippen LogP contribution in [0.2, 0.25) is 0 Å². The van der Waals surface area contributed by atoms with Crippen LogP contribution in [-0.2, 0) is 9.63 Å². The van der Waals surface area contributed by atoms with Gasteiger partial charge in [0.2, 0.25) is 0 Å². The molecule has 1 N–H and O–H groups in total. The molecule has 1 unspecified atom stereocenters. The minimum Gasteiger partial charge on any atom is -0.303 e. The largest absolute Gasteiger partial charge is 0.303 e. The molecule has 1 amide bonds. The fourth-order valence-electron chi connectivity index (χ4n) is 1.51. The number of carbonyl (C=O) groups excluding carboxylic acids is 1. The third-order valence-electron chi connectivity index (χ3n) is 2.40.